The molecule has 0 saturated carbocycles. The SMILES string of the molecule is C=CS/C(=N\N)[C@@H](CC(=O)O)c1ccc(OCc2ccc3c(c2)C(C)(C)CCC3(C)C)cc1. The number of hydrogen-bond donors (Lipinski definition) is 2. The highest BCUT2D eigenvalue weighted by atomic mass is 32.2. The summed E-state index contributed by atoms with van der Waals surface area (Å²) in [5.41, 5.74) is 5.18. The normalized spacial score (nSPS) is 17.6. The first-order valence-corrected chi connectivity index (χ1v) is 12.1. The maximum Gasteiger partial charge on any atom is 0.304 e. The summed E-state index contributed by atoms with van der Waals surface area (Å²) in [7, 11) is 0. The molecule has 6 heteroatoms. The molecule has 2 aromatic carbocycles. The molecule has 3 N–H and O–H groups in total. The van der Waals surface area contributed by atoms with E-state index in [-0.39, 0.29) is 17.3 Å². The Morgan fingerprint density at radius 2 is 1.79 bits per heavy atom. The predicted octanol–water partition coefficient (Wildman–Crippen LogP) is 6.32. The second kappa shape index (κ2) is 10.0. The number of thioether (sulfide) groups is 1. The molecule has 176 valence electrons. The van der Waals surface area contributed by atoms with Gasteiger partial charge in [-0.15, -0.1) is 0 Å². The van der Waals surface area contributed by atoms with Crippen LogP contribution < -0.4 is 10.6 Å². The predicted molar refractivity (Wildman–Crippen MR) is 137 cm³/mol. The van der Waals surface area contributed by atoms with Crippen molar-refractivity contribution in [2.24, 2.45) is 10.9 Å². The Morgan fingerprint density at radius 3 is 2.36 bits per heavy atom. The molecular formula is C27H34N2O3S. The summed E-state index contributed by atoms with van der Waals surface area (Å²) in [6.45, 7) is 13.4. The van der Waals surface area contributed by atoms with Gasteiger partial charge in [0.05, 0.1) is 6.42 Å². The fourth-order valence-corrected chi connectivity index (χ4v) is 5.11. The topological polar surface area (TPSA) is 84.9 Å². The minimum atomic E-state index is -0.912. The number of nitrogens with zero attached hydrogens (tertiary/aromatic N) is 1. The van der Waals surface area contributed by atoms with E-state index in [4.69, 9.17) is 10.6 Å². The quantitative estimate of drug-likeness (QED) is 0.206. The number of carboxylic acids is 1. The van der Waals surface area contributed by atoms with Crippen LogP contribution in [0.1, 0.15) is 75.1 Å². The van der Waals surface area contributed by atoms with E-state index in [1.54, 1.807) is 5.41 Å². The molecule has 0 fully saturated rings. The van der Waals surface area contributed by atoms with Crippen molar-refractivity contribution in [3.63, 3.8) is 0 Å². The first kappa shape index (κ1) is 24.9. The Labute approximate surface area is 201 Å². The Bertz CT molecular complexity index is 1040. The van der Waals surface area contributed by atoms with Gasteiger partial charge in [0, 0.05) is 5.92 Å². The number of carbonyl (C=O) groups is 1. The van der Waals surface area contributed by atoms with Crippen molar-refractivity contribution in [1.29, 1.82) is 0 Å². The second-order valence-electron chi connectivity index (χ2n) is 9.91. The number of nitrogens with two attached hydrogens (primary N) is 1. The zero-order chi connectivity index (χ0) is 24.2. The molecule has 0 bridgehead atoms. The minimum absolute atomic E-state index is 0.0989. The van der Waals surface area contributed by atoms with Crippen LogP contribution in [-0.4, -0.2) is 16.1 Å². The fourth-order valence-electron chi connectivity index (χ4n) is 4.50. The third-order valence-electron chi connectivity index (χ3n) is 6.61. The lowest BCUT2D eigenvalue weighted by molar-refractivity contribution is -0.137. The zero-order valence-corrected chi connectivity index (χ0v) is 20.7. The summed E-state index contributed by atoms with van der Waals surface area (Å²) < 4.78 is 6.06. The van der Waals surface area contributed by atoms with Gasteiger partial charge in [0.1, 0.15) is 17.4 Å². The Hall–Kier alpha value is -2.73. The van der Waals surface area contributed by atoms with E-state index in [0.29, 0.717) is 11.7 Å². The van der Waals surface area contributed by atoms with Crippen LogP contribution in [0.25, 0.3) is 0 Å². The highest BCUT2D eigenvalue weighted by Crippen LogP contribution is 2.46. The van der Waals surface area contributed by atoms with E-state index in [2.05, 4.69) is 57.6 Å². The molecule has 1 atom stereocenters. The average molecular weight is 467 g/mol. The van der Waals surface area contributed by atoms with Gasteiger partial charge in [-0.25, -0.2) is 0 Å². The number of ether oxygens (including phenoxy) is 1. The van der Waals surface area contributed by atoms with Crippen LogP contribution in [0, 0.1) is 0 Å². The van der Waals surface area contributed by atoms with Crippen molar-refractivity contribution in [3.8, 4) is 5.75 Å². The molecule has 0 amide bonds. The summed E-state index contributed by atoms with van der Waals surface area (Å²) in [4.78, 5) is 11.4. The minimum Gasteiger partial charge on any atom is -0.489 e. The first-order chi connectivity index (χ1) is 15.6. The molecule has 0 aliphatic heterocycles. The summed E-state index contributed by atoms with van der Waals surface area (Å²) in [5.74, 6) is 4.88. The smallest absolute Gasteiger partial charge is 0.304 e. The molecule has 2 aromatic rings. The van der Waals surface area contributed by atoms with Crippen LogP contribution in [0.3, 0.4) is 0 Å². The summed E-state index contributed by atoms with van der Waals surface area (Å²) in [6, 6.07) is 14.2. The Morgan fingerprint density at radius 1 is 1.15 bits per heavy atom. The highest BCUT2D eigenvalue weighted by Gasteiger charge is 2.36. The van der Waals surface area contributed by atoms with Gasteiger partial charge < -0.3 is 15.7 Å². The molecule has 5 nitrogen and oxygen atoms in total. The number of hydrazone groups is 1. The Balaban J connectivity index is 1.75. The van der Waals surface area contributed by atoms with Crippen molar-refractivity contribution in [2.45, 2.75) is 70.3 Å². The highest BCUT2D eigenvalue weighted by molar-refractivity contribution is 8.16. The van der Waals surface area contributed by atoms with Gasteiger partial charge in [-0.2, -0.15) is 5.10 Å². The maximum atomic E-state index is 11.4. The molecule has 3 rings (SSSR count). The van der Waals surface area contributed by atoms with Crippen molar-refractivity contribution in [2.75, 3.05) is 0 Å². The third-order valence-corrected chi connectivity index (χ3v) is 7.41. The van der Waals surface area contributed by atoms with Gasteiger partial charge in [-0.3, -0.25) is 4.79 Å². The van der Waals surface area contributed by atoms with Gasteiger partial charge in [-0.1, -0.05) is 76.4 Å². The lowest BCUT2D eigenvalue weighted by Crippen LogP contribution is -2.33. The lowest BCUT2D eigenvalue weighted by Gasteiger charge is -2.42. The van der Waals surface area contributed by atoms with Gasteiger partial charge in [0.25, 0.3) is 0 Å². The standard InChI is InChI=1S/C27H34N2O3S/c1-6-33-25(29-28)21(16-24(30)31)19-8-10-20(11-9-19)32-17-18-7-12-22-23(15-18)27(4,5)14-13-26(22,2)3/h6-12,15,21H,1,13-14,16-17,28H2,2-5H3,(H,30,31)/b29-25-/t21-/m0/s1. The van der Waals surface area contributed by atoms with E-state index in [0.717, 1.165) is 16.9 Å². The monoisotopic (exact) mass is 466 g/mol. The van der Waals surface area contributed by atoms with Crippen LogP contribution >= 0.6 is 11.8 Å². The number of hydrogen-bond acceptors (Lipinski definition) is 5. The molecule has 0 spiro atoms. The van der Waals surface area contributed by atoms with Gasteiger partial charge in [0.15, 0.2) is 0 Å². The third kappa shape index (κ3) is 5.80. The van der Waals surface area contributed by atoms with Gasteiger partial charge in [0.2, 0.25) is 0 Å². The largest absolute Gasteiger partial charge is 0.489 e. The molecule has 0 unspecified atom stereocenters. The van der Waals surface area contributed by atoms with Gasteiger partial charge >= 0.3 is 5.97 Å². The number of benzene rings is 2. The van der Waals surface area contributed by atoms with Crippen molar-refractivity contribution >= 4 is 22.8 Å². The van der Waals surface area contributed by atoms with E-state index < -0.39 is 11.9 Å². The van der Waals surface area contributed by atoms with Crippen LogP contribution in [0.4, 0.5) is 0 Å². The molecule has 0 saturated heterocycles. The summed E-state index contributed by atoms with van der Waals surface area (Å²) >= 11 is 1.24. The molecule has 0 radical (unpaired) electrons. The van der Waals surface area contributed by atoms with Crippen LogP contribution in [0.5, 0.6) is 5.75 Å². The molecule has 1 aliphatic carbocycles. The van der Waals surface area contributed by atoms with Crippen LogP contribution in [-0.2, 0) is 22.2 Å². The molecule has 0 heterocycles. The molecule has 1 aliphatic rings. The second-order valence-corrected chi connectivity index (χ2v) is 10.9. The molecule has 33 heavy (non-hydrogen) atoms. The van der Waals surface area contributed by atoms with Crippen molar-refractivity contribution in [1.82, 2.24) is 0 Å². The van der Waals surface area contributed by atoms with E-state index in [1.807, 2.05) is 24.3 Å². The van der Waals surface area contributed by atoms with Crippen molar-refractivity contribution < 1.29 is 14.6 Å². The number of carboxylic acid groups (broad SMARTS) is 1. The maximum absolute atomic E-state index is 11.4. The van der Waals surface area contributed by atoms with Crippen molar-refractivity contribution in [3.05, 3.63) is 76.7 Å². The number of aliphatic carboxylic acids is 1. The first-order valence-electron chi connectivity index (χ1n) is 11.2. The number of rotatable bonds is 8. The summed E-state index contributed by atoms with van der Waals surface area (Å²) in [6.07, 6.45) is 2.27. The number of fused-ring (bicyclic) bond motifs is 1. The lowest BCUT2D eigenvalue weighted by atomic mass is 9.63. The molecule has 0 aromatic heterocycles. The van der Waals surface area contributed by atoms with Crippen LogP contribution in [0.2, 0.25) is 0 Å². The van der Waals surface area contributed by atoms with E-state index >= 15 is 0 Å². The summed E-state index contributed by atoms with van der Waals surface area (Å²) in [5, 5.41) is 15.2. The van der Waals surface area contributed by atoms with E-state index in [1.165, 1.54) is 35.7 Å². The zero-order valence-electron chi connectivity index (χ0n) is 19.9. The average Bonchev–Trinajstić information content (AvgIpc) is 2.78. The fraction of sp³-hybridized carbons (Fsp3) is 0.407. The van der Waals surface area contributed by atoms with E-state index in [9.17, 15) is 9.90 Å². The van der Waals surface area contributed by atoms with Crippen LogP contribution in [0.15, 0.2) is 59.6 Å². The van der Waals surface area contributed by atoms with Gasteiger partial charge in [-0.05, 0) is 63.5 Å². The Kier molecular flexibility index (Phi) is 7.58. The molecular weight excluding hydrogens is 432 g/mol.